The quantitative estimate of drug-likeness (QED) is 0.804. The van der Waals surface area contributed by atoms with Gasteiger partial charge in [0.25, 0.3) is 5.91 Å². The molecule has 3 N–H and O–H groups in total. The number of aromatic amines is 1. The predicted molar refractivity (Wildman–Crippen MR) is 90.3 cm³/mol. The lowest BCUT2D eigenvalue weighted by Gasteiger charge is -2.36. The van der Waals surface area contributed by atoms with E-state index in [0.717, 1.165) is 23.7 Å². The van der Waals surface area contributed by atoms with E-state index < -0.39 is 11.5 Å². The number of amides is 1. The number of aromatic nitrogens is 1. The lowest BCUT2D eigenvalue weighted by Crippen LogP contribution is -2.56. The number of methoxy groups -OCH3 is 1. The molecule has 1 aliphatic carbocycles. The van der Waals surface area contributed by atoms with Crippen LogP contribution in [0.15, 0.2) is 24.3 Å². The number of hydrogen-bond donors (Lipinski definition) is 3. The van der Waals surface area contributed by atoms with Crippen molar-refractivity contribution in [2.75, 3.05) is 7.11 Å². The van der Waals surface area contributed by atoms with Crippen LogP contribution in [0.2, 0.25) is 0 Å². The van der Waals surface area contributed by atoms with Gasteiger partial charge in [0.05, 0.1) is 7.11 Å². The van der Waals surface area contributed by atoms with E-state index in [9.17, 15) is 14.7 Å². The first-order valence-corrected chi connectivity index (χ1v) is 8.16. The molecule has 2 aromatic rings. The molecule has 0 atom stereocenters. The van der Waals surface area contributed by atoms with Crippen LogP contribution in [0.25, 0.3) is 10.9 Å². The Morgan fingerprint density at radius 1 is 1.29 bits per heavy atom. The highest BCUT2D eigenvalue weighted by atomic mass is 16.5. The molecule has 1 aromatic carbocycles. The molecule has 0 radical (unpaired) electrons. The first kappa shape index (κ1) is 16.4. The Kier molecular flexibility index (Phi) is 4.22. The number of fused-ring (bicyclic) bond motifs is 1. The number of carboxylic acids is 1. The van der Waals surface area contributed by atoms with E-state index in [1.165, 1.54) is 0 Å². The molecular formula is C18H22N2O4. The Morgan fingerprint density at radius 2 is 2.00 bits per heavy atom. The number of carboxylic acid groups (broad SMARTS) is 1. The van der Waals surface area contributed by atoms with E-state index in [2.05, 4.69) is 17.2 Å². The predicted octanol–water partition coefficient (Wildman–Crippen LogP) is 2.94. The molecule has 128 valence electrons. The fourth-order valence-electron chi connectivity index (χ4n) is 3.29. The molecule has 0 spiro atoms. The van der Waals surface area contributed by atoms with Crippen molar-refractivity contribution in [3.8, 4) is 5.75 Å². The van der Waals surface area contributed by atoms with Crippen LogP contribution < -0.4 is 10.1 Å². The molecule has 1 amide bonds. The van der Waals surface area contributed by atoms with Crippen LogP contribution in [-0.4, -0.2) is 34.6 Å². The monoisotopic (exact) mass is 330 g/mol. The summed E-state index contributed by atoms with van der Waals surface area (Å²) in [4.78, 5) is 27.4. The summed E-state index contributed by atoms with van der Waals surface area (Å²) >= 11 is 0. The zero-order valence-corrected chi connectivity index (χ0v) is 13.9. The summed E-state index contributed by atoms with van der Waals surface area (Å²) in [5, 5.41) is 13.2. The van der Waals surface area contributed by atoms with E-state index >= 15 is 0 Å². The highest BCUT2D eigenvalue weighted by Crippen LogP contribution is 2.32. The van der Waals surface area contributed by atoms with E-state index in [1.807, 2.05) is 18.2 Å². The summed E-state index contributed by atoms with van der Waals surface area (Å²) < 4.78 is 5.18. The Balaban J connectivity index is 1.84. The fraction of sp³-hybridized carbons (Fsp3) is 0.444. The molecule has 1 saturated carbocycles. The average molecular weight is 330 g/mol. The second kappa shape index (κ2) is 6.19. The third kappa shape index (κ3) is 2.96. The summed E-state index contributed by atoms with van der Waals surface area (Å²) in [5.41, 5.74) is -0.00133. The van der Waals surface area contributed by atoms with Crippen molar-refractivity contribution in [1.82, 2.24) is 10.3 Å². The van der Waals surface area contributed by atoms with Crippen LogP contribution in [0.5, 0.6) is 5.75 Å². The number of benzene rings is 1. The third-order valence-electron chi connectivity index (χ3n) is 4.96. The summed E-state index contributed by atoms with van der Waals surface area (Å²) in [6, 6.07) is 7.19. The highest BCUT2D eigenvalue weighted by Gasteiger charge is 2.42. The van der Waals surface area contributed by atoms with Crippen molar-refractivity contribution >= 4 is 22.8 Å². The molecule has 6 heteroatoms. The lowest BCUT2D eigenvalue weighted by molar-refractivity contribution is -0.146. The normalized spacial score (nSPS) is 23.8. The average Bonchev–Trinajstić information content (AvgIpc) is 3.00. The van der Waals surface area contributed by atoms with Crippen LogP contribution in [-0.2, 0) is 4.79 Å². The van der Waals surface area contributed by atoms with Crippen LogP contribution in [0.4, 0.5) is 0 Å². The van der Waals surface area contributed by atoms with E-state index in [1.54, 1.807) is 13.2 Å². The van der Waals surface area contributed by atoms with Gasteiger partial charge in [0.15, 0.2) is 0 Å². The van der Waals surface area contributed by atoms with Crippen molar-refractivity contribution < 1.29 is 19.4 Å². The molecule has 6 nitrogen and oxygen atoms in total. The van der Waals surface area contributed by atoms with Crippen molar-refractivity contribution in [1.29, 1.82) is 0 Å². The molecule has 1 aliphatic rings. The van der Waals surface area contributed by atoms with Gasteiger partial charge in [-0.3, -0.25) is 4.79 Å². The fourth-order valence-corrected chi connectivity index (χ4v) is 3.29. The number of aliphatic carboxylic acids is 1. The van der Waals surface area contributed by atoms with Gasteiger partial charge in [-0.05, 0) is 55.9 Å². The van der Waals surface area contributed by atoms with Gasteiger partial charge in [0, 0.05) is 10.9 Å². The van der Waals surface area contributed by atoms with Gasteiger partial charge < -0.3 is 20.1 Å². The number of ether oxygens (including phenoxy) is 1. The lowest BCUT2D eigenvalue weighted by atomic mass is 9.77. The van der Waals surface area contributed by atoms with Crippen molar-refractivity contribution in [3.63, 3.8) is 0 Å². The van der Waals surface area contributed by atoms with Crippen molar-refractivity contribution in [2.45, 2.75) is 38.1 Å². The Labute approximate surface area is 140 Å². The summed E-state index contributed by atoms with van der Waals surface area (Å²) in [5.74, 6) is -0.144. The van der Waals surface area contributed by atoms with Gasteiger partial charge in [-0.2, -0.15) is 0 Å². The number of carbonyl (C=O) groups is 2. The number of H-pyrrole nitrogens is 1. The van der Waals surface area contributed by atoms with Gasteiger partial charge in [-0.15, -0.1) is 0 Å². The first-order valence-electron chi connectivity index (χ1n) is 8.16. The van der Waals surface area contributed by atoms with Crippen LogP contribution in [0.1, 0.15) is 43.1 Å². The van der Waals surface area contributed by atoms with E-state index in [4.69, 9.17) is 4.74 Å². The summed E-state index contributed by atoms with van der Waals surface area (Å²) in [6.07, 6.45) is 2.53. The Hall–Kier alpha value is -2.50. The van der Waals surface area contributed by atoms with Crippen molar-refractivity contribution in [3.05, 3.63) is 30.0 Å². The van der Waals surface area contributed by atoms with Gasteiger partial charge in [0.2, 0.25) is 0 Å². The van der Waals surface area contributed by atoms with Gasteiger partial charge >= 0.3 is 5.97 Å². The first-order chi connectivity index (χ1) is 11.4. The van der Waals surface area contributed by atoms with Crippen LogP contribution >= 0.6 is 0 Å². The smallest absolute Gasteiger partial charge is 0.329 e. The maximum Gasteiger partial charge on any atom is 0.329 e. The number of rotatable bonds is 4. The third-order valence-corrected chi connectivity index (χ3v) is 4.96. The van der Waals surface area contributed by atoms with Gasteiger partial charge in [-0.25, -0.2) is 4.79 Å². The molecule has 0 aliphatic heterocycles. The maximum atomic E-state index is 12.6. The Morgan fingerprint density at radius 3 is 2.62 bits per heavy atom. The van der Waals surface area contributed by atoms with Crippen molar-refractivity contribution in [2.24, 2.45) is 5.92 Å². The summed E-state index contributed by atoms with van der Waals surface area (Å²) in [6.45, 7) is 2.11. The minimum absolute atomic E-state index is 0.359. The Bertz CT molecular complexity index is 772. The standard InChI is InChI=1S/C18H22N2O4/c1-11-5-7-18(8-6-11,17(22)23)20-16(21)15-10-12-9-13(24-2)3-4-14(12)19-15/h3-4,9-11,19H,5-8H2,1-2H3,(H,20,21)(H,22,23). The largest absolute Gasteiger partial charge is 0.497 e. The number of nitrogens with one attached hydrogen (secondary N) is 2. The molecule has 0 unspecified atom stereocenters. The minimum atomic E-state index is -1.17. The molecule has 3 rings (SSSR count). The molecule has 0 saturated heterocycles. The molecular weight excluding hydrogens is 308 g/mol. The highest BCUT2D eigenvalue weighted by molar-refractivity contribution is 6.00. The SMILES string of the molecule is COc1ccc2[nH]c(C(=O)NC3(C(=O)O)CCC(C)CC3)cc2c1. The zero-order chi connectivity index (χ0) is 17.3. The topological polar surface area (TPSA) is 91.4 Å². The van der Waals surface area contributed by atoms with E-state index in [0.29, 0.717) is 30.2 Å². The molecule has 0 bridgehead atoms. The zero-order valence-electron chi connectivity index (χ0n) is 13.9. The maximum absolute atomic E-state index is 12.6. The van der Waals surface area contributed by atoms with Gasteiger partial charge in [0.1, 0.15) is 17.0 Å². The van der Waals surface area contributed by atoms with Crippen LogP contribution in [0.3, 0.4) is 0 Å². The molecule has 1 fully saturated rings. The second-order valence-corrected chi connectivity index (χ2v) is 6.66. The summed E-state index contributed by atoms with van der Waals surface area (Å²) in [7, 11) is 1.59. The molecule has 1 aromatic heterocycles. The van der Waals surface area contributed by atoms with Gasteiger partial charge in [-0.1, -0.05) is 6.92 Å². The number of carbonyl (C=O) groups excluding carboxylic acids is 1. The second-order valence-electron chi connectivity index (χ2n) is 6.66. The van der Waals surface area contributed by atoms with E-state index in [-0.39, 0.29) is 5.91 Å². The minimum Gasteiger partial charge on any atom is -0.497 e. The molecule has 1 heterocycles. The number of hydrogen-bond acceptors (Lipinski definition) is 3. The van der Waals surface area contributed by atoms with Crippen LogP contribution in [0, 0.1) is 5.92 Å². The molecule has 24 heavy (non-hydrogen) atoms.